The van der Waals surface area contributed by atoms with E-state index in [1.807, 2.05) is 0 Å². The largest absolute Gasteiger partial charge is 0.250 e. The summed E-state index contributed by atoms with van der Waals surface area (Å²) in [5, 5.41) is 0. The van der Waals surface area contributed by atoms with Crippen molar-refractivity contribution in [3.05, 3.63) is 23.3 Å². The zero-order chi connectivity index (χ0) is 7.40. The fourth-order valence-corrected chi connectivity index (χ4v) is 1.21. The van der Waals surface area contributed by atoms with E-state index in [9.17, 15) is 0 Å². The molecular weight excluding hydrogens is 299 g/mol. The fourth-order valence-electron chi connectivity index (χ4n) is 1.21. The molecule has 1 rings (SSSR count). The van der Waals surface area contributed by atoms with Gasteiger partial charge in [-0.1, -0.05) is 39.5 Å². The Balaban J connectivity index is 0.000001000. The molecule has 1 heteroatoms. The molecule has 0 saturated heterocycles. The van der Waals surface area contributed by atoms with Crippen LogP contribution in [0.3, 0.4) is 0 Å². The van der Waals surface area contributed by atoms with Gasteiger partial charge in [0.15, 0.2) is 0 Å². The summed E-state index contributed by atoms with van der Waals surface area (Å²) in [6, 6.07) is 0. The summed E-state index contributed by atoms with van der Waals surface area (Å²) in [5.74, 6) is 0. The van der Waals surface area contributed by atoms with Gasteiger partial charge in [-0.25, -0.2) is 17.7 Å². The van der Waals surface area contributed by atoms with Crippen LogP contribution in [0, 0.1) is 6.08 Å². The van der Waals surface area contributed by atoms with Crippen molar-refractivity contribution < 1.29 is 25.8 Å². The summed E-state index contributed by atoms with van der Waals surface area (Å²) in [6.07, 6.45) is 10.7. The predicted octanol–water partition coefficient (Wildman–Crippen LogP) is 3.25. The van der Waals surface area contributed by atoms with Gasteiger partial charge in [0.2, 0.25) is 0 Å². The summed E-state index contributed by atoms with van der Waals surface area (Å²) < 4.78 is 0. The molecule has 0 saturated carbocycles. The smallest absolute Gasteiger partial charge is 0 e. The van der Waals surface area contributed by atoms with Crippen molar-refractivity contribution in [1.29, 1.82) is 0 Å². The van der Waals surface area contributed by atoms with Crippen molar-refractivity contribution in [3.8, 4) is 0 Å². The van der Waals surface area contributed by atoms with Crippen LogP contribution >= 0.6 is 0 Å². The number of allylic oxidation sites excluding steroid dienone is 4. The number of rotatable bonds is 3. The van der Waals surface area contributed by atoms with Crippen LogP contribution in [0.15, 0.2) is 17.2 Å². The SMILES string of the molecule is CCCCC1=[C-]C(C)=CC1.[Hf]. The van der Waals surface area contributed by atoms with Crippen molar-refractivity contribution in [2.24, 2.45) is 0 Å². The minimum absolute atomic E-state index is 0. The first-order valence-electron chi connectivity index (χ1n) is 4.11. The molecule has 0 bridgehead atoms. The monoisotopic (exact) mass is 315 g/mol. The van der Waals surface area contributed by atoms with Crippen molar-refractivity contribution >= 4 is 0 Å². The zero-order valence-electron chi connectivity index (χ0n) is 7.41. The van der Waals surface area contributed by atoms with E-state index in [-0.39, 0.29) is 25.8 Å². The van der Waals surface area contributed by atoms with Gasteiger partial charge in [-0.3, -0.25) is 0 Å². The maximum atomic E-state index is 3.37. The number of hydrogen-bond donors (Lipinski definition) is 0. The second-order valence-electron chi connectivity index (χ2n) is 2.92. The average Bonchev–Trinajstić information content (AvgIpc) is 2.31. The molecular formula is C10H15Hf-. The first-order valence-corrected chi connectivity index (χ1v) is 4.11. The molecule has 0 nitrogen and oxygen atoms in total. The molecule has 0 aromatic rings. The van der Waals surface area contributed by atoms with Gasteiger partial charge in [0.05, 0.1) is 0 Å². The van der Waals surface area contributed by atoms with Crippen LogP contribution in [0.25, 0.3) is 0 Å². The van der Waals surface area contributed by atoms with Crippen LogP contribution in [-0.2, 0) is 25.8 Å². The molecule has 0 aromatic carbocycles. The molecule has 0 aromatic heterocycles. The number of hydrogen-bond acceptors (Lipinski definition) is 0. The van der Waals surface area contributed by atoms with Gasteiger partial charge < -0.3 is 0 Å². The summed E-state index contributed by atoms with van der Waals surface area (Å²) in [4.78, 5) is 0. The summed E-state index contributed by atoms with van der Waals surface area (Å²) >= 11 is 0. The van der Waals surface area contributed by atoms with Crippen LogP contribution in [0.1, 0.15) is 39.5 Å². The van der Waals surface area contributed by atoms with Crippen LogP contribution in [0.5, 0.6) is 0 Å². The molecule has 0 N–H and O–H groups in total. The Labute approximate surface area is 88.5 Å². The molecule has 0 amide bonds. The van der Waals surface area contributed by atoms with Crippen molar-refractivity contribution in [2.75, 3.05) is 0 Å². The Morgan fingerprint density at radius 1 is 1.55 bits per heavy atom. The van der Waals surface area contributed by atoms with Gasteiger partial charge in [-0.2, -0.15) is 5.57 Å². The van der Waals surface area contributed by atoms with E-state index in [0.29, 0.717) is 0 Å². The Morgan fingerprint density at radius 3 is 2.73 bits per heavy atom. The van der Waals surface area contributed by atoms with Crippen molar-refractivity contribution in [1.82, 2.24) is 0 Å². The molecule has 1 aliphatic carbocycles. The van der Waals surface area contributed by atoms with E-state index in [4.69, 9.17) is 0 Å². The standard InChI is InChI=1S/C10H15.Hf/c1-3-4-5-10-7-6-9(2)8-10;/h6H,3-5,7H2,1-2H3;/q-1;. The maximum absolute atomic E-state index is 3.37. The van der Waals surface area contributed by atoms with E-state index in [0.717, 1.165) is 6.42 Å². The first-order chi connectivity index (χ1) is 4.83. The summed E-state index contributed by atoms with van der Waals surface area (Å²) in [7, 11) is 0. The molecule has 0 spiro atoms. The molecule has 0 radical (unpaired) electrons. The Hall–Kier alpha value is 0.350. The van der Waals surface area contributed by atoms with E-state index < -0.39 is 0 Å². The minimum atomic E-state index is 0. The van der Waals surface area contributed by atoms with Gasteiger partial charge >= 0.3 is 0 Å². The molecule has 11 heavy (non-hydrogen) atoms. The van der Waals surface area contributed by atoms with Crippen LogP contribution in [0.2, 0.25) is 0 Å². The third-order valence-electron chi connectivity index (χ3n) is 1.86. The van der Waals surface area contributed by atoms with Gasteiger partial charge in [-0.05, 0) is 0 Å². The third-order valence-corrected chi connectivity index (χ3v) is 1.86. The third kappa shape index (κ3) is 4.05. The molecule has 0 fully saturated rings. The normalized spacial score (nSPS) is 15.5. The van der Waals surface area contributed by atoms with E-state index in [1.54, 1.807) is 0 Å². The maximum Gasteiger partial charge on any atom is 0 e. The van der Waals surface area contributed by atoms with Gasteiger partial charge in [0.25, 0.3) is 0 Å². The Kier molecular flexibility index (Phi) is 6.12. The van der Waals surface area contributed by atoms with Gasteiger partial charge in [-0.15, -0.1) is 0 Å². The topological polar surface area (TPSA) is 0 Å². The Bertz CT molecular complexity index is 166. The molecule has 0 aliphatic heterocycles. The summed E-state index contributed by atoms with van der Waals surface area (Å²) in [5.41, 5.74) is 2.82. The van der Waals surface area contributed by atoms with Gasteiger partial charge in [0.1, 0.15) is 0 Å². The fraction of sp³-hybridized carbons (Fsp3) is 0.600. The van der Waals surface area contributed by atoms with Crippen molar-refractivity contribution in [2.45, 2.75) is 39.5 Å². The summed E-state index contributed by atoms with van der Waals surface area (Å²) in [6.45, 7) is 4.36. The zero-order valence-corrected chi connectivity index (χ0v) is 11.0. The van der Waals surface area contributed by atoms with Gasteiger partial charge in [0, 0.05) is 25.8 Å². The quantitative estimate of drug-likeness (QED) is 0.554. The molecule has 0 atom stereocenters. The number of unbranched alkanes of at least 4 members (excludes halogenated alkanes) is 1. The second kappa shape index (κ2) is 5.93. The van der Waals surface area contributed by atoms with E-state index in [2.05, 4.69) is 26.0 Å². The molecule has 0 heterocycles. The van der Waals surface area contributed by atoms with Crippen LogP contribution in [-0.4, -0.2) is 0 Å². The van der Waals surface area contributed by atoms with E-state index >= 15 is 0 Å². The second-order valence-corrected chi connectivity index (χ2v) is 2.92. The van der Waals surface area contributed by atoms with E-state index in [1.165, 1.54) is 30.4 Å². The minimum Gasteiger partial charge on any atom is -0.250 e. The van der Waals surface area contributed by atoms with Crippen LogP contribution in [0.4, 0.5) is 0 Å². The van der Waals surface area contributed by atoms with Crippen LogP contribution < -0.4 is 0 Å². The molecule has 60 valence electrons. The molecule has 0 unspecified atom stereocenters. The van der Waals surface area contributed by atoms with Crippen molar-refractivity contribution in [3.63, 3.8) is 0 Å². The first kappa shape index (κ1) is 11.4. The average molecular weight is 314 g/mol. The predicted molar refractivity (Wildman–Crippen MR) is 44.7 cm³/mol. The molecule has 1 aliphatic rings. The Morgan fingerprint density at radius 2 is 2.27 bits per heavy atom.